The summed E-state index contributed by atoms with van der Waals surface area (Å²) in [4.78, 5) is 112. The van der Waals surface area contributed by atoms with Crippen molar-refractivity contribution in [2.75, 3.05) is 58.5 Å². The van der Waals surface area contributed by atoms with Gasteiger partial charge in [-0.3, -0.25) is 38.6 Å². The third-order valence-corrected chi connectivity index (χ3v) is 31.7. The molecule has 3 aromatic heterocycles. The molecule has 3 fully saturated rings. The largest absolute Gasteiger partial charge is 0.478 e. The van der Waals surface area contributed by atoms with Crippen LogP contribution in [0.5, 0.6) is 28.7 Å². The molecule has 14 aromatic rings. The van der Waals surface area contributed by atoms with Gasteiger partial charge >= 0.3 is 56.9 Å². The summed E-state index contributed by atoms with van der Waals surface area (Å²) in [7, 11) is -6.49. The van der Waals surface area contributed by atoms with Gasteiger partial charge in [-0.2, -0.15) is 43.9 Å². The van der Waals surface area contributed by atoms with E-state index in [0.717, 1.165) is 49.6 Å². The molecule has 0 spiro atoms. The third-order valence-electron chi connectivity index (χ3n) is 24.9. The molecule has 1 aliphatic carbocycles. The molecule has 8 heterocycles. The Morgan fingerprint density at radius 2 is 0.687 bits per heavy atom. The molecule has 29 nitrogen and oxygen atoms in total. The van der Waals surface area contributed by atoms with Crippen LogP contribution in [0.15, 0.2) is 273 Å². The van der Waals surface area contributed by atoms with E-state index < -0.39 is 114 Å². The highest BCUT2D eigenvalue weighted by molar-refractivity contribution is 7.93. The van der Waals surface area contributed by atoms with Crippen molar-refractivity contribution in [3.05, 3.63) is 329 Å². The molecule has 1 unspecified atom stereocenters. The maximum Gasteiger partial charge on any atom is 0.387 e. The van der Waals surface area contributed by atoms with E-state index in [2.05, 4.69) is 34.5 Å². The number of rotatable bonds is 27. The molecule has 150 heavy (non-hydrogen) atoms. The first-order valence-electron chi connectivity index (χ1n) is 45.6. The summed E-state index contributed by atoms with van der Waals surface area (Å²) in [6, 6.07) is 64.9. The number of allylic oxidation sites excluding steroid dienone is 1. The lowest BCUT2D eigenvalue weighted by atomic mass is 9.85. The number of ether oxygens (including phenoxy) is 7. The van der Waals surface area contributed by atoms with Crippen molar-refractivity contribution >= 4 is 144 Å². The van der Waals surface area contributed by atoms with E-state index >= 15 is 0 Å². The van der Waals surface area contributed by atoms with Crippen LogP contribution in [0, 0.1) is 16.2 Å². The number of fused-ring (bicyclic) bond motifs is 6. The van der Waals surface area contributed by atoms with Gasteiger partial charge in [-0.05, 0) is 206 Å². The number of sulfone groups is 3. The highest BCUT2D eigenvalue weighted by Gasteiger charge is 2.51. The number of Topliss-reactive ketones (excluding diaryl/α,β-unsaturated/α-hetero) is 4. The number of ketones is 4. The molecule has 42 heteroatoms. The lowest BCUT2D eigenvalue weighted by Crippen LogP contribution is -2.47. The first kappa shape index (κ1) is 108. The van der Waals surface area contributed by atoms with Gasteiger partial charge in [-0.1, -0.05) is 69.3 Å². The number of carboxylic acids is 1. The summed E-state index contributed by atoms with van der Waals surface area (Å²) in [5.41, 5.74) is 6.45. The zero-order chi connectivity index (χ0) is 108. The van der Waals surface area contributed by atoms with Crippen LogP contribution in [0.1, 0.15) is 136 Å². The molecule has 11 aromatic carbocycles. The molecule has 0 saturated carbocycles. The molecular weight excluding hydrogens is 2040 g/mol. The van der Waals surface area contributed by atoms with Crippen LogP contribution in [0.2, 0.25) is 0 Å². The van der Waals surface area contributed by atoms with Crippen LogP contribution >= 0.6 is 0 Å². The number of carbonyl (C=O) groups excluding carboxylic acids is 8. The first-order chi connectivity index (χ1) is 70.9. The van der Waals surface area contributed by atoms with Gasteiger partial charge in [-0.25, -0.2) is 39.6 Å². The Balaban J connectivity index is 0.000000137. The highest BCUT2D eigenvalue weighted by Crippen LogP contribution is 2.48. The van der Waals surface area contributed by atoms with Gasteiger partial charge in [0, 0.05) is 140 Å². The molecule has 3 saturated heterocycles. The Kier molecular flexibility index (Phi) is 31.5. The maximum absolute atomic E-state index is 13.0. The number of carboxylic acid groups (broad SMARTS) is 1. The summed E-state index contributed by atoms with van der Waals surface area (Å²) < 4.78 is 230. The Labute approximate surface area is 850 Å². The molecule has 1 atom stereocenters. The molecular formula is C108H91F10N5O24S3. The van der Waals surface area contributed by atoms with Crippen LogP contribution in [0.25, 0.3) is 55.8 Å². The Bertz CT molecular complexity index is 8050. The van der Waals surface area contributed by atoms with Crippen molar-refractivity contribution in [2.45, 2.75) is 92.0 Å². The van der Waals surface area contributed by atoms with E-state index in [1.54, 1.807) is 134 Å². The molecule has 2 N–H and O–H groups in total. The minimum Gasteiger partial charge on any atom is -0.478 e. The number of carbonyl (C=O) groups is 9. The summed E-state index contributed by atoms with van der Waals surface area (Å²) in [6.07, 6.45) is 10.6. The number of hydrogen-bond acceptors (Lipinski definition) is 23. The number of aromatic carboxylic acids is 1. The second-order valence-electron chi connectivity index (χ2n) is 37.0. The number of nitrogens with zero attached hydrogens (tertiary/aromatic N) is 5. The van der Waals surface area contributed by atoms with Crippen LogP contribution in [0.3, 0.4) is 0 Å². The van der Waals surface area contributed by atoms with Crippen LogP contribution in [-0.2, 0) is 60.6 Å². The van der Waals surface area contributed by atoms with E-state index in [1.807, 2.05) is 46.4 Å². The van der Waals surface area contributed by atoms with Crippen molar-refractivity contribution < 1.29 is 156 Å². The van der Waals surface area contributed by atoms with Gasteiger partial charge in [0.05, 0.1) is 110 Å². The fourth-order valence-electron chi connectivity index (χ4n) is 18.7. The Morgan fingerprint density at radius 1 is 0.367 bits per heavy atom. The van der Waals surface area contributed by atoms with Crippen molar-refractivity contribution in [2.24, 2.45) is 16.2 Å². The monoisotopic (exact) mass is 2130 g/mol. The number of benzene rings is 11. The molecule has 20 rings (SSSR count). The number of anilines is 4. The topological polar surface area (TPSA) is 382 Å². The van der Waals surface area contributed by atoms with E-state index in [1.165, 1.54) is 159 Å². The zero-order valence-corrected chi connectivity index (χ0v) is 82.6. The zero-order valence-electron chi connectivity index (χ0n) is 80.1. The lowest BCUT2D eigenvalue weighted by Gasteiger charge is -2.37. The van der Waals surface area contributed by atoms with E-state index in [4.69, 9.17) is 9.84 Å². The van der Waals surface area contributed by atoms with Gasteiger partial charge in [0.15, 0.2) is 52.5 Å². The van der Waals surface area contributed by atoms with E-state index in [0.29, 0.717) is 39.4 Å². The average Bonchev–Trinajstić information content (AvgIpc) is 1.57. The third kappa shape index (κ3) is 25.1. The number of alkyl halides is 10. The Morgan fingerprint density at radius 3 is 1.07 bits per heavy atom. The summed E-state index contributed by atoms with van der Waals surface area (Å²) in [5, 5.41) is 22.3. The molecule has 780 valence electrons. The lowest BCUT2D eigenvalue weighted by molar-refractivity contribution is -0.133. The number of esters is 2. The highest BCUT2D eigenvalue weighted by atomic mass is 32.2. The van der Waals surface area contributed by atoms with Gasteiger partial charge in [0.25, 0.3) is 11.7 Å². The smallest absolute Gasteiger partial charge is 0.387 e. The molecule has 6 aliphatic rings. The second kappa shape index (κ2) is 43.8. The van der Waals surface area contributed by atoms with Gasteiger partial charge in [-0.15, -0.1) is 0 Å². The molecule has 5 aliphatic heterocycles. The quantitative estimate of drug-likeness (QED) is 0.0209. The fraction of sp³-hybridized carbons (Fsp3) is 0.231. The van der Waals surface area contributed by atoms with Gasteiger partial charge in [0.2, 0.25) is 0 Å². The average molecular weight is 2130 g/mol. The fourth-order valence-corrected chi connectivity index (χ4v) is 25.4. The van der Waals surface area contributed by atoms with Crippen molar-refractivity contribution in [1.82, 2.24) is 13.7 Å². The normalized spacial score (nSPS) is 16.5. The predicted molar refractivity (Wildman–Crippen MR) is 533 cm³/mol. The number of amides is 2. The summed E-state index contributed by atoms with van der Waals surface area (Å²) in [5.74, 6) is -5.08. The van der Waals surface area contributed by atoms with Crippen molar-refractivity contribution in [1.29, 1.82) is 0 Å². The SMILES string of the molecule is CC1(CC(=O)c2ccc3c(c2)C(=O)C(=O)N3c2cccc(OC(F)F)c2)CS(=O)(=O)C1.CC1(CC(=O)c2ccc3c(c2)C(C)(O)C(=O)N3c2cccc(OC(F)F)c2)CS(=O)(=O)C1.CC1(CC(=O)c2ccc3c(ccn3-c3cccc(OC(F)F)c3)c2)CS(=O)(=O)C1.COC(=O)c1ccc2c(c1)C=CC2.COC(=O)c1ccc2c(ccn2-c2cccc(OC(F)F)c2)c1.O=C(O)c1ccc2c(ccn2-c2cccc(OC(F)F)c2)c1. The second-order valence-corrected chi connectivity index (χ2v) is 43.2. The van der Waals surface area contributed by atoms with Crippen LogP contribution < -0.4 is 33.5 Å². The standard InChI is InChI=1S/C22H21F2NO6S.C21H17F2NO6S.C21H19F2NO4S.C17H13F2NO3.C16H11F2NO3.C11H10O2/c1-21(11-32(29,30)12-21)10-18(26)13-6-7-17-16(8-13)22(2,28)19(27)25(17)14-4-3-5-15(9-14)31-20(23)24;1-21(10-31(28,29)11-21)9-17(25)12-5-6-16-15(7-12)18(26)19(27)24(16)13-3-2-4-14(8-13)30-20(22)23;1-21(12-29(26,27)13-21)11-19(25)15-5-6-18-14(9-15)7-8-24(18)16-3-2-4-17(10-16)28-20(22)23;1-22-16(21)12-5-6-15-11(9-12)7-8-20(15)13-3-2-4-14(10-13)23-17(18)19;17-16(18)22-13-3-1-2-12(9-13)19-7-6-10-8-11(15(20)21)4-5-14(10)19;1-13-11(12)10-6-5-8-3-2-4-9(8)7-10/h3-9,20,28H,10-12H2,1-2H3;2-8,20H,9-11H2,1H3;2-10,20H,11-13H2,1H3;2-10,17H,1H3;1-9,16H,(H,20,21);2,4-7H,3H2,1H3. The minimum absolute atomic E-state index is 0.00385. The number of aliphatic hydroxyl groups is 1. The van der Waals surface area contributed by atoms with E-state index in [-0.39, 0.29) is 151 Å². The minimum atomic E-state index is -3.11. The number of hydrogen-bond donors (Lipinski definition) is 2. The summed E-state index contributed by atoms with van der Waals surface area (Å²) in [6.45, 7) is -8.16. The van der Waals surface area contributed by atoms with Gasteiger partial charge in [0.1, 0.15) is 28.7 Å². The van der Waals surface area contributed by atoms with Crippen molar-refractivity contribution in [3.63, 3.8) is 0 Å². The molecule has 2 amide bonds. The first-order valence-corrected chi connectivity index (χ1v) is 51.1. The number of methoxy groups -OCH3 is 2. The molecule has 0 bridgehead atoms. The summed E-state index contributed by atoms with van der Waals surface area (Å²) >= 11 is 0. The van der Waals surface area contributed by atoms with Crippen LogP contribution in [0.4, 0.5) is 66.7 Å². The predicted octanol–water partition coefficient (Wildman–Crippen LogP) is 20.6. The van der Waals surface area contributed by atoms with Gasteiger partial charge < -0.3 is 57.1 Å². The maximum atomic E-state index is 13.0. The Hall–Kier alpha value is -16.1. The van der Waals surface area contributed by atoms with Crippen molar-refractivity contribution in [3.8, 4) is 45.8 Å². The van der Waals surface area contributed by atoms with Crippen LogP contribution in [-0.4, -0.2) is 184 Å². The van der Waals surface area contributed by atoms with E-state index in [9.17, 15) is 117 Å². The number of aromatic nitrogens is 3. The molecule has 0 radical (unpaired) electrons. The number of halogens is 10.